The van der Waals surface area contributed by atoms with Crippen molar-refractivity contribution in [2.45, 2.75) is 59.5 Å². The van der Waals surface area contributed by atoms with Crippen LogP contribution in [-0.4, -0.2) is 28.5 Å². The highest BCUT2D eigenvalue weighted by molar-refractivity contribution is 6.19. The van der Waals surface area contributed by atoms with Gasteiger partial charge in [-0.1, -0.05) is 47.0 Å². The molecule has 0 fully saturated rings. The zero-order valence-corrected chi connectivity index (χ0v) is 11.7. The van der Waals surface area contributed by atoms with E-state index in [-0.39, 0.29) is 11.6 Å². The number of halogens is 1. The summed E-state index contributed by atoms with van der Waals surface area (Å²) in [6, 6.07) is 0. The van der Waals surface area contributed by atoms with Crippen molar-refractivity contribution < 1.29 is 0 Å². The summed E-state index contributed by atoms with van der Waals surface area (Å²) in [6.07, 6.45) is 6.95. The van der Waals surface area contributed by atoms with Crippen LogP contribution in [0.5, 0.6) is 0 Å². The summed E-state index contributed by atoms with van der Waals surface area (Å²) in [6.45, 7) is 9.82. The second kappa shape index (κ2) is 5.76. The largest absolute Gasteiger partial charge is 0.271 e. The minimum atomic E-state index is 0.114. The van der Waals surface area contributed by atoms with Gasteiger partial charge in [0.1, 0.15) is 12.5 Å². The molecule has 1 rings (SSSR count). The van der Waals surface area contributed by atoms with Gasteiger partial charge in [-0.2, -0.15) is 5.10 Å². The SMILES string of the molecule is CCCCCCN1N=CN(Cl)C1C(C)(C)C. The van der Waals surface area contributed by atoms with Gasteiger partial charge in [0.25, 0.3) is 0 Å². The molecular weight excluding hydrogens is 222 g/mol. The molecule has 0 saturated heterocycles. The lowest BCUT2D eigenvalue weighted by atomic mass is 9.92. The standard InChI is InChI=1S/C12H24ClN3/c1-5-6-7-8-9-16-11(12(2,3)4)15(13)10-14-16/h10-11H,5-9H2,1-4H3. The Kier molecular flexibility index (Phi) is 4.90. The molecule has 0 aliphatic carbocycles. The first-order valence-corrected chi connectivity index (χ1v) is 6.55. The van der Waals surface area contributed by atoms with Crippen LogP contribution in [0.3, 0.4) is 0 Å². The molecule has 0 aromatic rings. The maximum Gasteiger partial charge on any atom is 0.139 e. The highest BCUT2D eigenvalue weighted by Gasteiger charge is 2.36. The molecular formula is C12H24ClN3. The molecule has 1 aliphatic heterocycles. The molecule has 4 heteroatoms. The Morgan fingerprint density at radius 1 is 1.25 bits per heavy atom. The van der Waals surface area contributed by atoms with Gasteiger partial charge < -0.3 is 0 Å². The van der Waals surface area contributed by atoms with Crippen LogP contribution in [0, 0.1) is 5.41 Å². The van der Waals surface area contributed by atoms with E-state index >= 15 is 0 Å². The highest BCUT2D eigenvalue weighted by Crippen LogP contribution is 2.31. The fraction of sp³-hybridized carbons (Fsp3) is 0.917. The van der Waals surface area contributed by atoms with Crippen molar-refractivity contribution in [3.63, 3.8) is 0 Å². The summed E-state index contributed by atoms with van der Waals surface area (Å²) in [4.78, 5) is 0. The van der Waals surface area contributed by atoms with E-state index in [4.69, 9.17) is 11.8 Å². The molecule has 16 heavy (non-hydrogen) atoms. The Morgan fingerprint density at radius 2 is 1.94 bits per heavy atom. The highest BCUT2D eigenvalue weighted by atomic mass is 35.5. The summed E-state index contributed by atoms with van der Waals surface area (Å²) in [7, 11) is 0. The van der Waals surface area contributed by atoms with Crippen LogP contribution in [0.1, 0.15) is 53.4 Å². The van der Waals surface area contributed by atoms with Crippen molar-refractivity contribution in [1.29, 1.82) is 0 Å². The van der Waals surface area contributed by atoms with Crippen LogP contribution in [0.15, 0.2) is 5.10 Å². The Hall–Kier alpha value is -0.440. The molecule has 0 spiro atoms. The third kappa shape index (κ3) is 3.55. The summed E-state index contributed by atoms with van der Waals surface area (Å²) >= 11 is 6.14. The molecule has 1 heterocycles. The van der Waals surface area contributed by atoms with Gasteiger partial charge >= 0.3 is 0 Å². The Bertz CT molecular complexity index is 235. The quantitative estimate of drug-likeness (QED) is 0.544. The topological polar surface area (TPSA) is 18.8 Å². The number of hydrogen-bond acceptors (Lipinski definition) is 3. The summed E-state index contributed by atoms with van der Waals surface area (Å²) in [5.74, 6) is 0. The van der Waals surface area contributed by atoms with Gasteiger partial charge in [-0.15, -0.1) is 0 Å². The van der Waals surface area contributed by atoms with Crippen LogP contribution in [0.4, 0.5) is 0 Å². The lowest BCUT2D eigenvalue weighted by molar-refractivity contribution is 0.0702. The molecule has 0 aromatic heterocycles. The molecule has 94 valence electrons. The zero-order valence-electron chi connectivity index (χ0n) is 10.9. The van der Waals surface area contributed by atoms with Crippen molar-refractivity contribution in [2.75, 3.05) is 6.54 Å². The Morgan fingerprint density at radius 3 is 2.50 bits per heavy atom. The van der Waals surface area contributed by atoms with E-state index in [1.165, 1.54) is 25.7 Å². The molecule has 0 bridgehead atoms. The first kappa shape index (κ1) is 13.6. The number of hydrazone groups is 1. The first-order chi connectivity index (χ1) is 7.46. The normalized spacial score (nSPS) is 20.9. The minimum absolute atomic E-state index is 0.114. The molecule has 1 atom stereocenters. The maximum absolute atomic E-state index is 6.14. The average molecular weight is 246 g/mol. The lowest BCUT2D eigenvalue weighted by Gasteiger charge is -2.36. The van der Waals surface area contributed by atoms with Crippen molar-refractivity contribution in [3.05, 3.63) is 0 Å². The van der Waals surface area contributed by atoms with Crippen molar-refractivity contribution in [2.24, 2.45) is 10.5 Å². The van der Waals surface area contributed by atoms with Crippen LogP contribution >= 0.6 is 11.8 Å². The predicted molar refractivity (Wildman–Crippen MR) is 70.3 cm³/mol. The van der Waals surface area contributed by atoms with E-state index in [2.05, 4.69) is 37.8 Å². The van der Waals surface area contributed by atoms with Crippen LogP contribution < -0.4 is 0 Å². The maximum atomic E-state index is 6.14. The van der Waals surface area contributed by atoms with Crippen molar-refractivity contribution in [3.8, 4) is 0 Å². The third-order valence-corrected chi connectivity index (χ3v) is 3.11. The van der Waals surface area contributed by atoms with Crippen LogP contribution in [0.25, 0.3) is 0 Å². The lowest BCUT2D eigenvalue weighted by Crippen LogP contribution is -2.45. The molecule has 1 unspecified atom stereocenters. The summed E-state index contributed by atoms with van der Waals surface area (Å²) in [5.41, 5.74) is 0.114. The number of nitrogens with zero attached hydrogens (tertiary/aromatic N) is 3. The second-order valence-corrected chi connectivity index (χ2v) is 5.93. The fourth-order valence-electron chi connectivity index (χ4n) is 2.07. The molecule has 0 N–H and O–H groups in total. The molecule has 0 radical (unpaired) electrons. The van der Waals surface area contributed by atoms with Gasteiger partial charge in [-0.25, -0.2) is 4.42 Å². The Labute approximate surface area is 105 Å². The molecule has 3 nitrogen and oxygen atoms in total. The van der Waals surface area contributed by atoms with Gasteiger partial charge in [0.2, 0.25) is 0 Å². The smallest absolute Gasteiger partial charge is 0.139 e. The molecule has 1 aliphatic rings. The summed E-state index contributed by atoms with van der Waals surface area (Å²) in [5, 5.41) is 6.48. The number of unbranched alkanes of at least 4 members (excludes halogenated alkanes) is 3. The molecule has 0 aromatic carbocycles. The van der Waals surface area contributed by atoms with E-state index < -0.39 is 0 Å². The fourth-order valence-corrected chi connectivity index (χ4v) is 2.50. The van der Waals surface area contributed by atoms with Crippen LogP contribution in [-0.2, 0) is 0 Å². The summed E-state index contributed by atoms with van der Waals surface area (Å²) < 4.78 is 1.69. The van der Waals surface area contributed by atoms with E-state index in [9.17, 15) is 0 Å². The molecule has 0 amide bonds. The van der Waals surface area contributed by atoms with Crippen molar-refractivity contribution >= 4 is 18.1 Å². The third-order valence-electron chi connectivity index (χ3n) is 2.84. The average Bonchev–Trinajstić information content (AvgIpc) is 2.54. The van der Waals surface area contributed by atoms with E-state index in [0.29, 0.717) is 0 Å². The van der Waals surface area contributed by atoms with E-state index in [1.54, 1.807) is 10.8 Å². The van der Waals surface area contributed by atoms with Crippen LogP contribution in [0.2, 0.25) is 0 Å². The number of hydrogen-bond donors (Lipinski definition) is 0. The van der Waals surface area contributed by atoms with Gasteiger partial charge in [0, 0.05) is 23.7 Å². The van der Waals surface area contributed by atoms with E-state index in [1.807, 2.05) is 0 Å². The van der Waals surface area contributed by atoms with Gasteiger partial charge in [0.15, 0.2) is 0 Å². The zero-order chi connectivity index (χ0) is 12.2. The van der Waals surface area contributed by atoms with Crippen molar-refractivity contribution in [1.82, 2.24) is 9.43 Å². The monoisotopic (exact) mass is 245 g/mol. The van der Waals surface area contributed by atoms with Gasteiger partial charge in [-0.05, 0) is 6.42 Å². The Balaban J connectivity index is 2.43. The predicted octanol–water partition coefficient (Wildman–Crippen LogP) is 3.65. The van der Waals surface area contributed by atoms with Gasteiger partial charge in [-0.3, -0.25) is 5.01 Å². The first-order valence-electron chi connectivity index (χ1n) is 6.21. The minimum Gasteiger partial charge on any atom is -0.271 e. The van der Waals surface area contributed by atoms with Gasteiger partial charge in [0.05, 0.1) is 0 Å². The number of rotatable bonds is 5. The second-order valence-electron chi connectivity index (χ2n) is 5.54. The molecule has 0 saturated carbocycles. The van der Waals surface area contributed by atoms with E-state index in [0.717, 1.165) is 6.54 Å².